The van der Waals surface area contributed by atoms with Crippen LogP contribution >= 0.6 is 0 Å². The molecule has 0 saturated carbocycles. The van der Waals surface area contributed by atoms with E-state index in [1.54, 1.807) is 24.3 Å². The minimum atomic E-state index is 0.206. The van der Waals surface area contributed by atoms with Crippen molar-refractivity contribution in [2.45, 2.75) is 142 Å². The molecule has 0 saturated heterocycles. The first-order valence-corrected chi connectivity index (χ1v) is 19.1. The molecular weight excluding hydrogens is 592 g/mol. The highest BCUT2D eigenvalue weighted by molar-refractivity contribution is 5.48. The van der Waals surface area contributed by atoms with E-state index in [2.05, 4.69) is 34.3 Å². The molecule has 0 amide bonds. The van der Waals surface area contributed by atoms with Crippen molar-refractivity contribution in [3.05, 3.63) is 78.9 Å². The molecule has 0 spiro atoms. The van der Waals surface area contributed by atoms with Crippen LogP contribution in [0.4, 0.5) is 22.7 Å². The van der Waals surface area contributed by atoms with Crippen LogP contribution in [0.2, 0.25) is 0 Å². The van der Waals surface area contributed by atoms with Gasteiger partial charge in [0.1, 0.15) is 5.75 Å². The Bertz CT molecular complexity index is 1160. The zero-order valence-electron chi connectivity index (χ0n) is 30.2. The number of phenols is 1. The summed E-state index contributed by atoms with van der Waals surface area (Å²) in [5.74, 6) is 0.206. The summed E-state index contributed by atoms with van der Waals surface area (Å²) in [5.41, 5.74) is 2.95. The van der Waals surface area contributed by atoms with E-state index in [9.17, 15) is 5.11 Å². The van der Waals surface area contributed by atoms with Crippen LogP contribution in [-0.4, -0.2) is 18.3 Å². The highest BCUT2D eigenvalue weighted by Gasteiger charge is 1.96. The van der Waals surface area contributed by atoms with E-state index in [1.165, 1.54) is 128 Å². The van der Waals surface area contributed by atoms with Crippen molar-refractivity contribution in [1.29, 1.82) is 0 Å². The molecule has 0 bridgehead atoms. The summed E-state index contributed by atoms with van der Waals surface area (Å²) in [6, 6.07) is 23.4. The molecule has 1 N–H and O–H groups in total. The quantitative estimate of drug-likeness (QED) is 0.0689. The van der Waals surface area contributed by atoms with E-state index < -0.39 is 0 Å². The van der Waals surface area contributed by atoms with Crippen molar-refractivity contribution in [1.82, 2.24) is 0 Å². The average molecular weight is 657 g/mol. The third-order valence-electron chi connectivity index (χ3n) is 8.30. The summed E-state index contributed by atoms with van der Waals surface area (Å²) >= 11 is 0. The summed E-state index contributed by atoms with van der Waals surface area (Å²) < 4.78 is 5.78. The number of unbranched alkanes of at least 4 members (excludes halogenated alkanes) is 18. The number of aromatic hydroxyl groups is 1. The maximum Gasteiger partial charge on any atom is 0.115 e. The van der Waals surface area contributed by atoms with Crippen LogP contribution in [0.25, 0.3) is 0 Å². The first-order valence-electron chi connectivity index (χ1n) is 19.1. The zero-order valence-corrected chi connectivity index (χ0v) is 30.2. The lowest BCUT2D eigenvalue weighted by molar-refractivity contribution is 0.125. The molecule has 6 nitrogen and oxygen atoms in total. The molecule has 3 rings (SSSR count). The summed E-state index contributed by atoms with van der Waals surface area (Å²) in [4.78, 5) is 0. The number of ether oxygens (including phenoxy) is 1. The Labute approximate surface area is 292 Å². The zero-order chi connectivity index (χ0) is 34.2. The number of phenolic OH excluding ortho intramolecular Hbond substituents is 1. The molecule has 0 aliphatic carbocycles. The molecule has 0 aliphatic heterocycles. The van der Waals surface area contributed by atoms with E-state index in [0.717, 1.165) is 30.3 Å². The Balaban J connectivity index is 0.000000334. The van der Waals surface area contributed by atoms with Gasteiger partial charge in [-0.25, -0.2) is 0 Å². The Morgan fingerprint density at radius 1 is 0.375 bits per heavy atom. The number of benzene rings is 3. The van der Waals surface area contributed by atoms with Crippen molar-refractivity contribution >= 4 is 22.7 Å². The summed E-state index contributed by atoms with van der Waals surface area (Å²) in [6.45, 7) is 6.57. The molecule has 0 aromatic heterocycles. The van der Waals surface area contributed by atoms with Crippen molar-refractivity contribution in [3.8, 4) is 5.75 Å². The Hall–Kier alpha value is -3.38. The smallest absolute Gasteiger partial charge is 0.115 e. The third kappa shape index (κ3) is 23.0. The molecule has 3 aromatic carbocycles. The van der Waals surface area contributed by atoms with Crippen LogP contribution < -0.4 is 0 Å². The maximum absolute atomic E-state index is 9.21. The summed E-state index contributed by atoms with van der Waals surface area (Å²) in [6.07, 6.45) is 28.2. The number of azo groups is 2. The predicted octanol–water partition coefficient (Wildman–Crippen LogP) is 15.1. The number of hydrogen-bond donors (Lipinski definition) is 1. The van der Waals surface area contributed by atoms with E-state index in [-0.39, 0.29) is 5.75 Å². The predicted molar refractivity (Wildman–Crippen MR) is 204 cm³/mol. The highest BCUT2D eigenvalue weighted by atomic mass is 16.5. The molecule has 48 heavy (non-hydrogen) atoms. The minimum absolute atomic E-state index is 0.206. The van der Waals surface area contributed by atoms with Crippen LogP contribution in [0.15, 0.2) is 99.3 Å². The Morgan fingerprint density at radius 2 is 0.667 bits per heavy atom. The lowest BCUT2D eigenvalue weighted by atomic mass is 10.1. The number of hydrogen-bond acceptors (Lipinski definition) is 6. The first-order chi connectivity index (χ1) is 23.7. The Morgan fingerprint density at radius 3 is 1.02 bits per heavy atom. The van der Waals surface area contributed by atoms with Crippen molar-refractivity contribution in [2.75, 3.05) is 13.2 Å². The largest absolute Gasteiger partial charge is 0.508 e. The maximum atomic E-state index is 9.21. The summed E-state index contributed by atoms with van der Waals surface area (Å²) in [7, 11) is 0. The van der Waals surface area contributed by atoms with Gasteiger partial charge in [0.2, 0.25) is 0 Å². The van der Waals surface area contributed by atoms with Crippen molar-refractivity contribution in [2.24, 2.45) is 20.5 Å². The van der Waals surface area contributed by atoms with E-state index in [1.807, 2.05) is 54.6 Å². The molecule has 0 unspecified atom stereocenters. The van der Waals surface area contributed by atoms with Gasteiger partial charge in [0.25, 0.3) is 0 Å². The van der Waals surface area contributed by atoms with Gasteiger partial charge in [-0.15, -0.1) is 0 Å². The lowest BCUT2D eigenvalue weighted by Gasteiger charge is -2.05. The van der Waals surface area contributed by atoms with Gasteiger partial charge >= 0.3 is 0 Å². The van der Waals surface area contributed by atoms with E-state index in [0.29, 0.717) is 5.69 Å². The average Bonchev–Trinajstić information content (AvgIpc) is 3.12. The van der Waals surface area contributed by atoms with Gasteiger partial charge in [0.05, 0.1) is 22.7 Å². The first kappa shape index (κ1) is 40.8. The Kier molecular flexibility index (Phi) is 25.3. The molecule has 0 radical (unpaired) electrons. The normalized spacial score (nSPS) is 11.3. The molecule has 3 aromatic rings. The van der Waals surface area contributed by atoms with Gasteiger partial charge in [-0.3, -0.25) is 0 Å². The number of nitrogens with zero attached hydrogens (tertiary/aromatic N) is 4. The molecule has 0 fully saturated rings. The highest BCUT2D eigenvalue weighted by Crippen LogP contribution is 2.24. The van der Waals surface area contributed by atoms with Crippen molar-refractivity contribution in [3.63, 3.8) is 0 Å². The standard InChI is InChI=1S/C24H50O.C18H14N4O/c1-3-5-7-9-11-13-15-17-19-21-23-25-24-22-20-18-16-14-12-10-8-6-4-2;23-18-12-10-17(11-13-18)22-21-16-8-6-15(7-9-16)20-19-14-4-2-1-3-5-14/h3-24H2,1-2H3;1-13,23H/b;20-19+,22-21+. The molecule has 6 heteroatoms. The molecule has 0 atom stereocenters. The molecule has 0 heterocycles. The lowest BCUT2D eigenvalue weighted by Crippen LogP contribution is -1.97. The van der Waals surface area contributed by atoms with Crippen molar-refractivity contribution < 1.29 is 9.84 Å². The second-order valence-corrected chi connectivity index (χ2v) is 12.7. The SMILES string of the molecule is CCCCCCCCCCCCOCCCCCCCCCCCC.Oc1ccc(/N=N/c2ccc(/N=N/c3ccccc3)cc2)cc1. The minimum Gasteiger partial charge on any atom is -0.508 e. The molecular formula is C42H64N4O2. The van der Waals surface area contributed by atoms with Crippen LogP contribution in [0.3, 0.4) is 0 Å². The third-order valence-corrected chi connectivity index (χ3v) is 8.30. The van der Waals surface area contributed by atoms with E-state index >= 15 is 0 Å². The fourth-order valence-electron chi connectivity index (χ4n) is 5.32. The summed E-state index contributed by atoms with van der Waals surface area (Å²) in [5, 5.41) is 25.8. The fourth-order valence-corrected chi connectivity index (χ4v) is 5.32. The van der Waals surface area contributed by atoms with Crippen LogP contribution in [0, 0.1) is 0 Å². The van der Waals surface area contributed by atoms with Gasteiger partial charge < -0.3 is 9.84 Å². The molecule has 0 aliphatic rings. The van der Waals surface area contributed by atoms with Gasteiger partial charge in [-0.2, -0.15) is 20.5 Å². The topological polar surface area (TPSA) is 78.9 Å². The monoisotopic (exact) mass is 657 g/mol. The van der Waals surface area contributed by atoms with Crippen LogP contribution in [0.1, 0.15) is 142 Å². The van der Waals surface area contributed by atoms with Crippen LogP contribution in [-0.2, 0) is 4.74 Å². The van der Waals surface area contributed by atoms with Gasteiger partial charge in [-0.1, -0.05) is 148 Å². The van der Waals surface area contributed by atoms with E-state index in [4.69, 9.17) is 4.74 Å². The molecule has 264 valence electrons. The fraction of sp³-hybridized carbons (Fsp3) is 0.571. The van der Waals surface area contributed by atoms with Gasteiger partial charge in [0, 0.05) is 13.2 Å². The number of rotatable bonds is 26. The second kappa shape index (κ2) is 29.7. The van der Waals surface area contributed by atoms with Gasteiger partial charge in [0.15, 0.2) is 0 Å². The van der Waals surface area contributed by atoms with Crippen LogP contribution in [0.5, 0.6) is 5.75 Å². The van der Waals surface area contributed by atoms with Gasteiger partial charge in [-0.05, 0) is 73.5 Å². The second-order valence-electron chi connectivity index (χ2n) is 12.7.